The smallest absolute Gasteiger partial charge is 0.351 e. The van der Waals surface area contributed by atoms with E-state index in [2.05, 4.69) is 61.9 Å². The van der Waals surface area contributed by atoms with E-state index in [4.69, 9.17) is 9.16 Å². The summed E-state index contributed by atoms with van der Waals surface area (Å²) in [6, 6.07) is 22.2. The molecule has 192 valence electrons. The number of carbonyl (C=O) groups excluding carboxylic acids is 1. The van der Waals surface area contributed by atoms with E-state index in [0.717, 1.165) is 10.4 Å². The minimum absolute atomic E-state index is 0.191. The van der Waals surface area contributed by atoms with Crippen LogP contribution in [-0.4, -0.2) is 29.6 Å². The molecule has 7 nitrogen and oxygen atoms in total. The molecule has 0 saturated carbocycles. The van der Waals surface area contributed by atoms with Gasteiger partial charge in [0.25, 0.3) is 8.32 Å². The molecular weight excluding hydrogens is 482 g/mol. The quantitative estimate of drug-likeness (QED) is 0.360. The van der Waals surface area contributed by atoms with E-state index in [1.807, 2.05) is 48.6 Å². The van der Waals surface area contributed by atoms with Gasteiger partial charge in [-0.05, 0) is 33.6 Å². The Morgan fingerprint density at radius 3 is 2.22 bits per heavy atom. The maximum Gasteiger partial charge on any atom is 0.351 e. The van der Waals surface area contributed by atoms with E-state index < -0.39 is 26.0 Å². The van der Waals surface area contributed by atoms with Crippen molar-refractivity contribution in [2.45, 2.75) is 51.2 Å². The average molecular weight is 516 g/mol. The number of aromatic nitrogens is 2. The summed E-state index contributed by atoms with van der Waals surface area (Å²) in [5.74, 6) is -1.25. The number of hydrogen-bond acceptors (Lipinski definition) is 5. The van der Waals surface area contributed by atoms with Gasteiger partial charge in [-0.1, -0.05) is 87.5 Å². The topological polar surface area (TPSA) is 82.5 Å². The Labute approximate surface area is 218 Å². The van der Waals surface area contributed by atoms with Gasteiger partial charge in [0, 0.05) is 19.5 Å². The van der Waals surface area contributed by atoms with Crippen LogP contribution < -0.4 is 21.4 Å². The number of benzene rings is 2. The molecule has 37 heavy (non-hydrogen) atoms. The van der Waals surface area contributed by atoms with Gasteiger partial charge in [-0.25, -0.2) is 4.79 Å². The van der Waals surface area contributed by atoms with Crippen LogP contribution in [0.2, 0.25) is 5.04 Å². The van der Waals surface area contributed by atoms with E-state index in [1.165, 1.54) is 11.5 Å². The van der Waals surface area contributed by atoms with Crippen molar-refractivity contribution in [1.82, 2.24) is 9.55 Å². The summed E-state index contributed by atoms with van der Waals surface area (Å²) in [4.78, 5) is 28.1. The molecule has 3 aromatic rings. The van der Waals surface area contributed by atoms with Crippen LogP contribution in [0.1, 0.15) is 40.3 Å². The van der Waals surface area contributed by atoms with Crippen molar-refractivity contribution >= 4 is 30.4 Å². The zero-order valence-corrected chi connectivity index (χ0v) is 22.7. The van der Waals surface area contributed by atoms with Crippen LogP contribution >= 0.6 is 0 Å². The van der Waals surface area contributed by atoms with Crippen molar-refractivity contribution in [3.63, 3.8) is 0 Å². The molecule has 2 aromatic carbocycles. The Hall–Kier alpha value is -3.59. The fourth-order valence-corrected chi connectivity index (χ4v) is 9.49. The molecular formula is C29H33N3O4Si. The molecule has 1 aliphatic heterocycles. The van der Waals surface area contributed by atoms with Gasteiger partial charge in [-0.3, -0.25) is 9.36 Å². The van der Waals surface area contributed by atoms with Crippen molar-refractivity contribution in [3.05, 3.63) is 108 Å². The molecule has 2 heterocycles. The van der Waals surface area contributed by atoms with Crippen molar-refractivity contribution in [2.24, 2.45) is 0 Å². The van der Waals surface area contributed by atoms with E-state index in [9.17, 15) is 9.59 Å². The molecule has 0 fully saturated rings. The molecule has 2 atom stereocenters. The molecule has 1 aromatic heterocycles. The summed E-state index contributed by atoms with van der Waals surface area (Å²) in [5.41, 5.74) is -0.541. The monoisotopic (exact) mass is 515 g/mol. The number of rotatable bonds is 8. The first-order valence-electron chi connectivity index (χ1n) is 12.3. The van der Waals surface area contributed by atoms with Gasteiger partial charge >= 0.3 is 5.69 Å². The highest BCUT2D eigenvalue weighted by molar-refractivity contribution is 6.99. The number of nitrogens with one attached hydrogen (secondary N) is 1. The van der Waals surface area contributed by atoms with Crippen molar-refractivity contribution in [1.29, 1.82) is 0 Å². The van der Waals surface area contributed by atoms with Crippen molar-refractivity contribution in [2.75, 3.05) is 5.32 Å². The lowest BCUT2D eigenvalue weighted by Crippen LogP contribution is -2.69. The molecule has 0 radical (unpaired) electrons. The fraction of sp³-hybridized carbons (Fsp3) is 0.276. The molecule has 0 spiro atoms. The van der Waals surface area contributed by atoms with Crippen LogP contribution in [0.15, 0.2) is 103 Å². The van der Waals surface area contributed by atoms with Gasteiger partial charge in [0.05, 0.1) is 0 Å². The highest BCUT2D eigenvalue weighted by Gasteiger charge is 2.55. The summed E-state index contributed by atoms with van der Waals surface area (Å²) in [6.07, 6.45) is 6.67. The second-order valence-corrected chi connectivity index (χ2v) is 14.3. The van der Waals surface area contributed by atoms with Gasteiger partial charge in [-0.2, -0.15) is 4.98 Å². The summed E-state index contributed by atoms with van der Waals surface area (Å²) >= 11 is 0. The highest BCUT2D eigenvalue weighted by atomic mass is 28.4. The predicted octanol–water partition coefficient (Wildman–Crippen LogP) is 4.14. The third-order valence-corrected chi connectivity index (χ3v) is 11.5. The molecule has 1 amide bonds. The molecule has 4 rings (SSSR count). The maximum atomic E-state index is 12.8. The molecule has 0 saturated heterocycles. The number of ether oxygens (including phenoxy) is 1. The Bertz CT molecular complexity index is 1310. The van der Waals surface area contributed by atoms with Crippen LogP contribution in [-0.2, 0) is 14.0 Å². The van der Waals surface area contributed by atoms with Crippen LogP contribution in [0.25, 0.3) is 0 Å². The Morgan fingerprint density at radius 2 is 1.73 bits per heavy atom. The molecule has 0 aliphatic carbocycles. The molecule has 0 unspecified atom stereocenters. The van der Waals surface area contributed by atoms with Crippen molar-refractivity contribution < 1.29 is 14.0 Å². The second kappa shape index (κ2) is 10.4. The lowest BCUT2D eigenvalue weighted by atomic mass is 10.2. The van der Waals surface area contributed by atoms with Gasteiger partial charge in [0.1, 0.15) is 5.82 Å². The number of amides is 1. The van der Waals surface area contributed by atoms with E-state index >= 15 is 0 Å². The minimum atomic E-state index is -2.97. The molecule has 8 heteroatoms. The fourth-order valence-electron chi connectivity index (χ4n) is 4.84. The Kier molecular flexibility index (Phi) is 7.45. The van der Waals surface area contributed by atoms with Gasteiger partial charge in [0.2, 0.25) is 5.91 Å². The molecule has 1 N–H and O–H groups in total. The van der Waals surface area contributed by atoms with Gasteiger partial charge in [0.15, 0.2) is 12.0 Å². The Balaban J connectivity index is 1.79. The van der Waals surface area contributed by atoms with Crippen LogP contribution in [0, 0.1) is 0 Å². The van der Waals surface area contributed by atoms with E-state index in [1.54, 1.807) is 18.3 Å². The maximum absolute atomic E-state index is 12.8. The largest absolute Gasteiger partial charge is 0.377 e. The minimum Gasteiger partial charge on any atom is -0.377 e. The Morgan fingerprint density at radius 1 is 1.14 bits per heavy atom. The second-order valence-electron chi connectivity index (χ2n) is 10.1. The number of nitrogens with zero attached hydrogens (tertiary/aromatic N) is 2. The zero-order valence-electron chi connectivity index (χ0n) is 21.7. The number of hydrogen-bond donors (Lipinski definition) is 1. The van der Waals surface area contributed by atoms with E-state index in [0.29, 0.717) is 6.42 Å². The van der Waals surface area contributed by atoms with Crippen LogP contribution in [0.3, 0.4) is 0 Å². The summed E-state index contributed by atoms with van der Waals surface area (Å²) in [6.45, 7) is 11.9. The van der Waals surface area contributed by atoms with Crippen LogP contribution in [0.4, 0.5) is 5.82 Å². The number of carbonyl (C=O) groups is 1. The first-order chi connectivity index (χ1) is 17.6. The standard InChI is InChI=1S/C29H33N3O4Si/c1-6-19-29(20-17-26(35-29)32-21-18-25(30-22(2)33)31-27(32)34)36-37(28(3,4)5,23-13-9-7-10-14-23)24-15-11-8-12-16-24/h6-18,20-21,26H,1,19H2,2-5H3,(H,30,31,33,34)/t26-,29+/m1/s1. The molecule has 1 aliphatic rings. The number of anilines is 1. The predicted molar refractivity (Wildman–Crippen MR) is 148 cm³/mol. The third-order valence-electron chi connectivity index (χ3n) is 6.41. The normalized spacial score (nSPS) is 19.5. The van der Waals surface area contributed by atoms with Crippen LogP contribution in [0.5, 0.6) is 0 Å². The lowest BCUT2D eigenvalue weighted by Gasteiger charge is -2.47. The summed E-state index contributed by atoms with van der Waals surface area (Å²) in [5, 5.41) is 4.51. The van der Waals surface area contributed by atoms with Crippen molar-refractivity contribution in [3.8, 4) is 0 Å². The zero-order chi connectivity index (χ0) is 26.7. The third kappa shape index (κ3) is 5.27. The molecule has 0 bridgehead atoms. The van der Waals surface area contributed by atoms with E-state index in [-0.39, 0.29) is 16.8 Å². The average Bonchev–Trinajstić information content (AvgIpc) is 3.26. The SMILES string of the molecule is C=CC[C@]1(O[Si](c2ccccc2)(c2ccccc2)C(C)(C)C)C=C[C@H](n2ccc(NC(C)=O)nc2=O)O1. The first kappa shape index (κ1) is 26.5. The van der Waals surface area contributed by atoms with Gasteiger partial charge in [-0.15, -0.1) is 6.58 Å². The highest BCUT2D eigenvalue weighted by Crippen LogP contribution is 2.43. The van der Waals surface area contributed by atoms with Gasteiger partial charge < -0.3 is 14.5 Å². The summed E-state index contributed by atoms with van der Waals surface area (Å²) in [7, 11) is -2.97. The summed E-state index contributed by atoms with van der Waals surface area (Å²) < 4.78 is 15.2. The lowest BCUT2D eigenvalue weighted by molar-refractivity contribution is -0.175. The first-order valence-corrected chi connectivity index (χ1v) is 14.2.